The van der Waals surface area contributed by atoms with Crippen LogP contribution in [0.3, 0.4) is 0 Å². The summed E-state index contributed by atoms with van der Waals surface area (Å²) in [5.74, 6) is 1.93. The second kappa shape index (κ2) is 6.01. The SMILES string of the molecule is CC(C)CCC(C)N=C(N)C(C)C. The summed E-state index contributed by atoms with van der Waals surface area (Å²) >= 11 is 0. The van der Waals surface area contributed by atoms with Gasteiger partial charge >= 0.3 is 0 Å². The highest BCUT2D eigenvalue weighted by Gasteiger charge is 2.04. The molecular weight excluding hydrogens is 160 g/mol. The standard InChI is InChI=1S/C11H24N2/c1-8(2)6-7-10(5)13-11(12)9(3)4/h8-10H,6-7H2,1-5H3,(H2,12,13). The van der Waals surface area contributed by atoms with Crippen LogP contribution in [0.25, 0.3) is 0 Å². The highest BCUT2D eigenvalue weighted by Crippen LogP contribution is 2.09. The third-order valence-corrected chi connectivity index (χ3v) is 2.12. The van der Waals surface area contributed by atoms with Gasteiger partial charge in [-0.15, -0.1) is 0 Å². The Morgan fingerprint density at radius 2 is 1.62 bits per heavy atom. The number of hydrogen-bond donors (Lipinski definition) is 1. The van der Waals surface area contributed by atoms with Gasteiger partial charge in [-0.3, -0.25) is 4.99 Å². The zero-order chi connectivity index (χ0) is 10.4. The van der Waals surface area contributed by atoms with Crippen LogP contribution in [0.4, 0.5) is 0 Å². The van der Waals surface area contributed by atoms with Gasteiger partial charge in [0.2, 0.25) is 0 Å². The number of amidine groups is 1. The Hall–Kier alpha value is -0.530. The fourth-order valence-electron chi connectivity index (χ4n) is 1.04. The van der Waals surface area contributed by atoms with E-state index in [1.807, 2.05) is 0 Å². The van der Waals surface area contributed by atoms with Crippen molar-refractivity contribution < 1.29 is 0 Å². The van der Waals surface area contributed by atoms with Gasteiger partial charge in [-0.1, -0.05) is 27.7 Å². The van der Waals surface area contributed by atoms with Crippen molar-refractivity contribution in [3.05, 3.63) is 0 Å². The molecular formula is C11H24N2. The predicted molar refractivity (Wildman–Crippen MR) is 60.0 cm³/mol. The van der Waals surface area contributed by atoms with E-state index in [9.17, 15) is 0 Å². The van der Waals surface area contributed by atoms with E-state index in [-0.39, 0.29) is 0 Å². The monoisotopic (exact) mass is 184 g/mol. The lowest BCUT2D eigenvalue weighted by atomic mass is 10.0. The minimum Gasteiger partial charge on any atom is -0.387 e. The van der Waals surface area contributed by atoms with Gasteiger partial charge in [-0.25, -0.2) is 0 Å². The summed E-state index contributed by atoms with van der Waals surface area (Å²) in [6, 6.07) is 0.379. The molecule has 0 spiro atoms. The third kappa shape index (κ3) is 6.62. The van der Waals surface area contributed by atoms with Crippen LogP contribution >= 0.6 is 0 Å². The Bertz CT molecular complexity index is 159. The maximum absolute atomic E-state index is 5.77. The molecule has 0 heterocycles. The van der Waals surface area contributed by atoms with Crippen LogP contribution in [-0.4, -0.2) is 11.9 Å². The molecule has 0 aromatic heterocycles. The maximum atomic E-state index is 5.77. The van der Waals surface area contributed by atoms with Crippen LogP contribution in [0.15, 0.2) is 4.99 Å². The van der Waals surface area contributed by atoms with Crippen molar-refractivity contribution in [2.45, 2.75) is 53.5 Å². The van der Waals surface area contributed by atoms with E-state index in [1.165, 1.54) is 6.42 Å². The summed E-state index contributed by atoms with van der Waals surface area (Å²) in [7, 11) is 0. The molecule has 0 aliphatic rings. The summed E-state index contributed by atoms with van der Waals surface area (Å²) in [5.41, 5.74) is 5.77. The van der Waals surface area contributed by atoms with E-state index < -0.39 is 0 Å². The van der Waals surface area contributed by atoms with Gasteiger partial charge in [-0.05, 0) is 25.7 Å². The Morgan fingerprint density at radius 3 is 2.00 bits per heavy atom. The zero-order valence-electron chi connectivity index (χ0n) is 9.67. The van der Waals surface area contributed by atoms with Crippen LogP contribution in [0.5, 0.6) is 0 Å². The molecule has 0 bridgehead atoms. The van der Waals surface area contributed by atoms with E-state index in [0.29, 0.717) is 12.0 Å². The lowest BCUT2D eigenvalue weighted by Crippen LogP contribution is -2.21. The first-order valence-electron chi connectivity index (χ1n) is 5.26. The average molecular weight is 184 g/mol. The summed E-state index contributed by atoms with van der Waals surface area (Å²) < 4.78 is 0. The van der Waals surface area contributed by atoms with Crippen LogP contribution in [0.1, 0.15) is 47.5 Å². The normalized spacial score (nSPS) is 15.5. The van der Waals surface area contributed by atoms with E-state index >= 15 is 0 Å². The lowest BCUT2D eigenvalue weighted by Gasteiger charge is -2.11. The summed E-state index contributed by atoms with van der Waals surface area (Å²) in [6.07, 6.45) is 2.38. The number of nitrogens with zero attached hydrogens (tertiary/aromatic N) is 1. The molecule has 0 fully saturated rings. The number of nitrogens with two attached hydrogens (primary N) is 1. The summed E-state index contributed by atoms with van der Waals surface area (Å²) in [6.45, 7) is 10.8. The average Bonchev–Trinajstić information content (AvgIpc) is 2.00. The first kappa shape index (κ1) is 12.5. The lowest BCUT2D eigenvalue weighted by molar-refractivity contribution is 0.514. The van der Waals surface area contributed by atoms with Gasteiger partial charge in [-0.2, -0.15) is 0 Å². The van der Waals surface area contributed by atoms with Crippen molar-refractivity contribution in [2.75, 3.05) is 0 Å². The molecule has 0 aliphatic carbocycles. The molecule has 2 heteroatoms. The van der Waals surface area contributed by atoms with Gasteiger partial charge in [0.05, 0.1) is 5.84 Å². The molecule has 2 nitrogen and oxygen atoms in total. The molecule has 78 valence electrons. The van der Waals surface area contributed by atoms with Crippen molar-refractivity contribution >= 4 is 5.84 Å². The zero-order valence-corrected chi connectivity index (χ0v) is 9.67. The van der Waals surface area contributed by atoms with Gasteiger partial charge in [0, 0.05) is 12.0 Å². The first-order valence-corrected chi connectivity index (χ1v) is 5.26. The van der Waals surface area contributed by atoms with Crippen LogP contribution in [0, 0.1) is 11.8 Å². The molecule has 0 radical (unpaired) electrons. The highest BCUT2D eigenvalue weighted by atomic mass is 14.9. The van der Waals surface area contributed by atoms with Crippen molar-refractivity contribution in [1.82, 2.24) is 0 Å². The quantitative estimate of drug-likeness (QED) is 0.518. The molecule has 1 unspecified atom stereocenters. The molecule has 13 heavy (non-hydrogen) atoms. The van der Waals surface area contributed by atoms with Crippen molar-refractivity contribution in [1.29, 1.82) is 0 Å². The van der Waals surface area contributed by atoms with Gasteiger partial charge in [0.25, 0.3) is 0 Å². The molecule has 0 aromatic carbocycles. The first-order chi connectivity index (χ1) is 5.93. The van der Waals surface area contributed by atoms with Crippen molar-refractivity contribution in [2.24, 2.45) is 22.6 Å². The van der Waals surface area contributed by atoms with Crippen LogP contribution in [-0.2, 0) is 0 Å². The smallest absolute Gasteiger partial charge is 0.0966 e. The molecule has 0 aliphatic heterocycles. The Labute approximate surface area is 82.6 Å². The molecule has 0 saturated carbocycles. The molecule has 1 atom stereocenters. The van der Waals surface area contributed by atoms with E-state index in [4.69, 9.17) is 5.73 Å². The molecule has 0 amide bonds. The number of rotatable bonds is 5. The molecule has 2 N–H and O–H groups in total. The number of aliphatic imine (C=N–C) groups is 1. The minimum absolute atomic E-state index is 0.376. The largest absolute Gasteiger partial charge is 0.387 e. The van der Waals surface area contributed by atoms with Crippen molar-refractivity contribution in [3.63, 3.8) is 0 Å². The minimum atomic E-state index is 0.376. The fourth-order valence-corrected chi connectivity index (χ4v) is 1.04. The predicted octanol–water partition coefficient (Wildman–Crippen LogP) is 2.82. The Balaban J connectivity index is 3.85. The van der Waals surface area contributed by atoms with Gasteiger partial charge in [0.1, 0.15) is 0 Å². The summed E-state index contributed by atoms with van der Waals surface area (Å²) in [5, 5.41) is 0. The fraction of sp³-hybridized carbons (Fsp3) is 0.909. The van der Waals surface area contributed by atoms with Crippen molar-refractivity contribution in [3.8, 4) is 0 Å². The molecule has 0 aromatic rings. The highest BCUT2D eigenvalue weighted by molar-refractivity contribution is 5.82. The van der Waals surface area contributed by atoms with E-state index in [2.05, 4.69) is 39.6 Å². The summed E-state index contributed by atoms with van der Waals surface area (Å²) in [4.78, 5) is 4.44. The van der Waals surface area contributed by atoms with Gasteiger partial charge < -0.3 is 5.73 Å². The molecule has 0 saturated heterocycles. The maximum Gasteiger partial charge on any atom is 0.0966 e. The molecule has 0 rings (SSSR count). The van der Waals surface area contributed by atoms with E-state index in [1.54, 1.807) is 0 Å². The van der Waals surface area contributed by atoms with Crippen LogP contribution < -0.4 is 5.73 Å². The topological polar surface area (TPSA) is 38.4 Å². The Kier molecular flexibility index (Phi) is 5.76. The van der Waals surface area contributed by atoms with Crippen LogP contribution in [0.2, 0.25) is 0 Å². The second-order valence-corrected chi connectivity index (χ2v) is 4.53. The second-order valence-electron chi connectivity index (χ2n) is 4.53. The Morgan fingerprint density at radius 1 is 1.08 bits per heavy atom. The number of hydrogen-bond acceptors (Lipinski definition) is 1. The third-order valence-electron chi connectivity index (χ3n) is 2.12. The van der Waals surface area contributed by atoms with E-state index in [0.717, 1.165) is 18.2 Å². The van der Waals surface area contributed by atoms with Gasteiger partial charge in [0.15, 0.2) is 0 Å².